The molecule has 0 fully saturated rings. The van der Waals surface area contributed by atoms with Crippen molar-refractivity contribution >= 4 is 49.6 Å². The maximum Gasteiger partial charge on any atom is 0.408 e. The summed E-state index contributed by atoms with van der Waals surface area (Å²) in [6, 6.07) is 13.0. The highest BCUT2D eigenvalue weighted by molar-refractivity contribution is 7.22. The van der Waals surface area contributed by atoms with Gasteiger partial charge in [-0.1, -0.05) is 35.6 Å². The molecule has 0 bridgehead atoms. The molecule has 0 unspecified atom stereocenters. The number of hydrogen-bond acceptors (Lipinski definition) is 5. The SMILES string of the molecule is Cc1ccc2nc(NC(=O)[C@@H](Cc3c[nH]c4ccccc34)NC(=O)OC(C)(C)C)sc2c1. The molecule has 4 rings (SSSR count). The number of amides is 2. The first-order chi connectivity index (χ1) is 15.2. The van der Waals surface area contributed by atoms with E-state index in [0.717, 1.165) is 32.2 Å². The van der Waals surface area contributed by atoms with Crippen molar-refractivity contribution in [2.45, 2.75) is 45.8 Å². The van der Waals surface area contributed by atoms with Crippen LogP contribution in [0.1, 0.15) is 31.9 Å². The fourth-order valence-corrected chi connectivity index (χ4v) is 4.42. The summed E-state index contributed by atoms with van der Waals surface area (Å²) in [6.07, 6.45) is 1.53. The number of aromatic amines is 1. The number of benzene rings is 2. The van der Waals surface area contributed by atoms with E-state index in [1.165, 1.54) is 11.3 Å². The molecule has 7 nitrogen and oxygen atoms in total. The Morgan fingerprint density at radius 2 is 1.97 bits per heavy atom. The average molecular weight is 451 g/mol. The Hall–Kier alpha value is -3.39. The molecule has 2 aromatic heterocycles. The van der Waals surface area contributed by atoms with E-state index in [9.17, 15) is 9.59 Å². The van der Waals surface area contributed by atoms with Crippen molar-refractivity contribution in [3.63, 3.8) is 0 Å². The van der Waals surface area contributed by atoms with E-state index in [2.05, 4.69) is 20.6 Å². The van der Waals surface area contributed by atoms with Crippen LogP contribution < -0.4 is 10.6 Å². The molecule has 2 amide bonds. The van der Waals surface area contributed by atoms with Gasteiger partial charge in [0.1, 0.15) is 11.6 Å². The number of thiazole rings is 1. The van der Waals surface area contributed by atoms with Crippen LogP contribution in [0.4, 0.5) is 9.93 Å². The van der Waals surface area contributed by atoms with Gasteiger partial charge in [-0.2, -0.15) is 0 Å². The van der Waals surface area contributed by atoms with Gasteiger partial charge in [-0.15, -0.1) is 0 Å². The number of carbonyl (C=O) groups is 2. The first-order valence-corrected chi connectivity index (χ1v) is 11.2. The third kappa shape index (κ3) is 5.08. The number of H-pyrrole nitrogens is 1. The van der Waals surface area contributed by atoms with Gasteiger partial charge in [0.05, 0.1) is 10.2 Å². The second-order valence-electron chi connectivity index (χ2n) is 8.74. The van der Waals surface area contributed by atoms with Crippen molar-refractivity contribution in [3.05, 3.63) is 59.8 Å². The number of aromatic nitrogens is 2. The van der Waals surface area contributed by atoms with Crippen molar-refractivity contribution in [1.29, 1.82) is 0 Å². The zero-order chi connectivity index (χ0) is 22.9. The van der Waals surface area contributed by atoms with Gasteiger partial charge in [0.2, 0.25) is 5.91 Å². The number of fused-ring (bicyclic) bond motifs is 2. The number of rotatable bonds is 5. The van der Waals surface area contributed by atoms with E-state index in [0.29, 0.717) is 11.6 Å². The lowest BCUT2D eigenvalue weighted by Gasteiger charge is -2.23. The highest BCUT2D eigenvalue weighted by Crippen LogP contribution is 2.27. The molecule has 0 saturated heterocycles. The van der Waals surface area contributed by atoms with E-state index >= 15 is 0 Å². The Labute approximate surface area is 190 Å². The zero-order valence-corrected chi connectivity index (χ0v) is 19.3. The van der Waals surface area contributed by atoms with Gasteiger partial charge in [0.15, 0.2) is 5.13 Å². The number of anilines is 1. The molecule has 0 radical (unpaired) electrons. The smallest absolute Gasteiger partial charge is 0.408 e. The molecular formula is C24H26N4O3S. The summed E-state index contributed by atoms with van der Waals surface area (Å²) in [6.45, 7) is 7.36. The van der Waals surface area contributed by atoms with Gasteiger partial charge in [-0.05, 0) is 57.0 Å². The lowest BCUT2D eigenvalue weighted by molar-refractivity contribution is -0.118. The minimum Gasteiger partial charge on any atom is -0.444 e. The summed E-state index contributed by atoms with van der Waals surface area (Å²) in [5, 5.41) is 7.09. The minimum atomic E-state index is -0.835. The molecule has 0 aliphatic heterocycles. The van der Waals surface area contributed by atoms with Gasteiger partial charge in [-0.3, -0.25) is 4.79 Å². The molecule has 2 heterocycles. The molecule has 4 aromatic rings. The fraction of sp³-hybridized carbons (Fsp3) is 0.292. The molecule has 8 heteroatoms. The molecule has 2 aromatic carbocycles. The quantitative estimate of drug-likeness (QED) is 0.391. The van der Waals surface area contributed by atoms with Crippen LogP contribution >= 0.6 is 11.3 Å². The van der Waals surface area contributed by atoms with Crippen LogP contribution in [-0.4, -0.2) is 33.6 Å². The highest BCUT2D eigenvalue weighted by Gasteiger charge is 2.26. The number of aryl methyl sites for hydroxylation is 1. The second-order valence-corrected chi connectivity index (χ2v) is 9.77. The molecule has 3 N–H and O–H groups in total. The van der Waals surface area contributed by atoms with Crippen LogP contribution in [0.15, 0.2) is 48.7 Å². The lowest BCUT2D eigenvalue weighted by Crippen LogP contribution is -2.47. The Balaban J connectivity index is 1.57. The lowest BCUT2D eigenvalue weighted by atomic mass is 10.0. The van der Waals surface area contributed by atoms with Gasteiger partial charge in [0, 0.05) is 23.5 Å². The Bertz CT molecular complexity index is 1290. The zero-order valence-electron chi connectivity index (χ0n) is 18.5. The minimum absolute atomic E-state index is 0.305. The van der Waals surface area contributed by atoms with Crippen LogP contribution in [0.25, 0.3) is 21.1 Å². The number of nitrogens with one attached hydrogen (secondary N) is 3. The molecule has 0 aliphatic rings. The molecule has 0 spiro atoms. The topological polar surface area (TPSA) is 96.1 Å². The van der Waals surface area contributed by atoms with Gasteiger partial charge < -0.3 is 20.4 Å². The Morgan fingerprint density at radius 1 is 1.19 bits per heavy atom. The molecule has 0 aliphatic carbocycles. The summed E-state index contributed by atoms with van der Waals surface area (Å²) >= 11 is 1.40. The van der Waals surface area contributed by atoms with E-state index in [-0.39, 0.29) is 5.91 Å². The number of alkyl carbamates (subject to hydrolysis) is 1. The van der Waals surface area contributed by atoms with Crippen LogP contribution in [0, 0.1) is 6.92 Å². The van der Waals surface area contributed by atoms with E-state index in [4.69, 9.17) is 4.74 Å². The summed E-state index contributed by atoms with van der Waals surface area (Å²) in [4.78, 5) is 33.4. The fourth-order valence-electron chi connectivity index (χ4n) is 3.46. The van der Waals surface area contributed by atoms with Crippen molar-refractivity contribution in [2.24, 2.45) is 0 Å². The maximum atomic E-state index is 13.2. The first-order valence-electron chi connectivity index (χ1n) is 10.4. The van der Waals surface area contributed by atoms with Crippen molar-refractivity contribution in [2.75, 3.05) is 5.32 Å². The van der Waals surface area contributed by atoms with Gasteiger partial charge in [0.25, 0.3) is 0 Å². The van der Waals surface area contributed by atoms with Crippen LogP contribution in [0.3, 0.4) is 0 Å². The number of ether oxygens (including phenoxy) is 1. The molecule has 166 valence electrons. The highest BCUT2D eigenvalue weighted by atomic mass is 32.1. The van der Waals surface area contributed by atoms with E-state index < -0.39 is 17.7 Å². The monoisotopic (exact) mass is 450 g/mol. The van der Waals surface area contributed by atoms with Crippen LogP contribution in [0.5, 0.6) is 0 Å². The van der Waals surface area contributed by atoms with E-state index in [1.54, 1.807) is 20.8 Å². The summed E-state index contributed by atoms with van der Waals surface area (Å²) in [7, 11) is 0. The van der Waals surface area contributed by atoms with Crippen LogP contribution in [0.2, 0.25) is 0 Å². The summed E-state index contributed by atoms with van der Waals surface area (Å²) < 4.78 is 6.38. The summed E-state index contributed by atoms with van der Waals surface area (Å²) in [5.74, 6) is -0.350. The predicted molar refractivity (Wildman–Crippen MR) is 128 cm³/mol. The third-order valence-corrected chi connectivity index (χ3v) is 5.81. The maximum absolute atomic E-state index is 13.2. The van der Waals surface area contributed by atoms with Crippen molar-refractivity contribution in [1.82, 2.24) is 15.3 Å². The van der Waals surface area contributed by atoms with Gasteiger partial charge >= 0.3 is 6.09 Å². The number of para-hydroxylation sites is 1. The molecular weight excluding hydrogens is 424 g/mol. The standard InChI is InChI=1S/C24H26N4O3S/c1-14-9-10-18-20(11-14)32-22(26-18)28-21(29)19(27-23(30)31-24(2,3)4)12-15-13-25-17-8-6-5-7-16(15)17/h5-11,13,19,25H,12H2,1-4H3,(H,27,30)(H,26,28,29)/t19-/m1/s1. The summed E-state index contributed by atoms with van der Waals surface area (Å²) in [5.41, 5.74) is 3.18. The molecule has 1 atom stereocenters. The molecule has 0 saturated carbocycles. The van der Waals surface area contributed by atoms with Crippen molar-refractivity contribution in [3.8, 4) is 0 Å². The largest absolute Gasteiger partial charge is 0.444 e. The normalized spacial score (nSPS) is 12.6. The number of hydrogen-bond donors (Lipinski definition) is 3. The Kier molecular flexibility index (Phi) is 5.88. The van der Waals surface area contributed by atoms with E-state index in [1.807, 2.05) is 55.6 Å². The van der Waals surface area contributed by atoms with Gasteiger partial charge in [-0.25, -0.2) is 9.78 Å². The van der Waals surface area contributed by atoms with Crippen LogP contribution in [-0.2, 0) is 16.0 Å². The molecule has 32 heavy (non-hydrogen) atoms. The average Bonchev–Trinajstić information content (AvgIpc) is 3.29. The number of nitrogens with zero attached hydrogens (tertiary/aromatic N) is 1. The first kappa shape index (κ1) is 21.8. The van der Waals surface area contributed by atoms with Crippen molar-refractivity contribution < 1.29 is 14.3 Å². The Morgan fingerprint density at radius 3 is 2.75 bits per heavy atom. The second kappa shape index (κ2) is 8.63. The predicted octanol–water partition coefficient (Wildman–Crippen LogP) is 5.16. The third-order valence-electron chi connectivity index (χ3n) is 4.88. The number of carbonyl (C=O) groups excluding carboxylic acids is 2.